The van der Waals surface area contributed by atoms with Gasteiger partial charge in [-0.3, -0.25) is 0 Å². The van der Waals surface area contributed by atoms with Crippen LogP contribution in [0.3, 0.4) is 0 Å². The van der Waals surface area contributed by atoms with Crippen LogP contribution < -0.4 is 5.32 Å². The second-order valence-corrected chi connectivity index (χ2v) is 7.10. The van der Waals surface area contributed by atoms with Gasteiger partial charge in [-0.05, 0) is 45.4 Å². The summed E-state index contributed by atoms with van der Waals surface area (Å²) in [7, 11) is -1.50. The molecule has 1 fully saturated rings. The summed E-state index contributed by atoms with van der Waals surface area (Å²) in [5.74, 6) is 0. The molecule has 1 atom stereocenters. The predicted molar refractivity (Wildman–Crippen MR) is 76.8 cm³/mol. The molecular formula is C14H22N2O2S. The predicted octanol–water partition coefficient (Wildman–Crippen LogP) is 1.68. The summed E-state index contributed by atoms with van der Waals surface area (Å²) >= 11 is 0. The molecule has 5 heteroatoms. The summed E-state index contributed by atoms with van der Waals surface area (Å²) < 4.78 is 27.2. The Labute approximate surface area is 115 Å². The topological polar surface area (TPSA) is 49.4 Å². The average molecular weight is 282 g/mol. The van der Waals surface area contributed by atoms with E-state index in [1.807, 2.05) is 33.0 Å². The Kier molecular flexibility index (Phi) is 4.28. The molecule has 0 saturated carbocycles. The average Bonchev–Trinajstić information content (AvgIpc) is 2.78. The Hall–Kier alpha value is -0.910. The number of hydrogen-bond acceptors (Lipinski definition) is 3. The minimum absolute atomic E-state index is 0.0794. The van der Waals surface area contributed by atoms with E-state index in [2.05, 4.69) is 5.32 Å². The maximum absolute atomic E-state index is 12.7. The van der Waals surface area contributed by atoms with Gasteiger partial charge >= 0.3 is 0 Å². The van der Waals surface area contributed by atoms with Crippen LogP contribution in [0.4, 0.5) is 0 Å². The highest BCUT2D eigenvalue weighted by atomic mass is 32.2. The normalized spacial score (nSPS) is 20.9. The van der Waals surface area contributed by atoms with Gasteiger partial charge in [0.2, 0.25) is 10.0 Å². The third-order valence-electron chi connectivity index (χ3n) is 3.68. The van der Waals surface area contributed by atoms with Gasteiger partial charge in [-0.1, -0.05) is 17.7 Å². The number of aryl methyl sites for hydroxylation is 2. The smallest absolute Gasteiger partial charge is 0.243 e. The second-order valence-electron chi connectivity index (χ2n) is 5.24. The third kappa shape index (κ3) is 2.83. The molecule has 19 heavy (non-hydrogen) atoms. The number of benzene rings is 1. The summed E-state index contributed by atoms with van der Waals surface area (Å²) in [5, 5.41) is 3.08. The number of likely N-dealkylation sites (N-methyl/N-ethyl adjacent to an activating group) is 1. The van der Waals surface area contributed by atoms with E-state index in [1.54, 1.807) is 10.4 Å². The van der Waals surface area contributed by atoms with E-state index >= 15 is 0 Å². The maximum atomic E-state index is 12.7. The number of nitrogens with one attached hydrogen (secondary N) is 1. The van der Waals surface area contributed by atoms with Crippen LogP contribution in [-0.2, 0) is 10.0 Å². The fourth-order valence-electron chi connectivity index (χ4n) is 2.78. The van der Waals surface area contributed by atoms with Crippen molar-refractivity contribution in [3.05, 3.63) is 29.3 Å². The summed E-state index contributed by atoms with van der Waals surface area (Å²) in [5.41, 5.74) is 1.92. The zero-order valence-corrected chi connectivity index (χ0v) is 12.6. The van der Waals surface area contributed by atoms with Crippen LogP contribution in [0.5, 0.6) is 0 Å². The Morgan fingerprint density at radius 3 is 2.74 bits per heavy atom. The SMILES string of the molecule is CNCC1CCCN1S(=O)(=O)c1ccc(C)cc1C. The van der Waals surface area contributed by atoms with Crippen molar-refractivity contribution in [1.29, 1.82) is 0 Å². The molecule has 1 unspecified atom stereocenters. The standard InChI is InChI=1S/C14H22N2O2S/c1-11-6-7-14(12(2)9-11)19(17,18)16-8-4-5-13(16)10-15-3/h6-7,9,13,15H,4-5,8,10H2,1-3H3. The fraction of sp³-hybridized carbons (Fsp3) is 0.571. The molecule has 4 nitrogen and oxygen atoms in total. The van der Waals surface area contributed by atoms with E-state index < -0.39 is 10.0 Å². The molecule has 0 amide bonds. The highest BCUT2D eigenvalue weighted by Gasteiger charge is 2.35. The minimum atomic E-state index is -3.36. The minimum Gasteiger partial charge on any atom is -0.318 e. The lowest BCUT2D eigenvalue weighted by Crippen LogP contribution is -2.40. The van der Waals surface area contributed by atoms with Crippen LogP contribution in [-0.4, -0.2) is 38.9 Å². The summed E-state index contributed by atoms with van der Waals surface area (Å²) in [6, 6.07) is 5.60. The molecule has 0 aliphatic carbocycles. The first-order valence-corrected chi connectivity index (χ1v) is 8.14. The number of rotatable bonds is 4. The van der Waals surface area contributed by atoms with Crippen LogP contribution >= 0.6 is 0 Å². The number of nitrogens with zero attached hydrogens (tertiary/aromatic N) is 1. The van der Waals surface area contributed by atoms with Crippen molar-refractivity contribution in [3.63, 3.8) is 0 Å². The second kappa shape index (κ2) is 5.61. The van der Waals surface area contributed by atoms with Gasteiger partial charge in [0, 0.05) is 19.1 Å². The van der Waals surface area contributed by atoms with Crippen LogP contribution in [0.25, 0.3) is 0 Å². The van der Waals surface area contributed by atoms with Crippen molar-refractivity contribution < 1.29 is 8.42 Å². The molecule has 0 aromatic heterocycles. The lowest BCUT2D eigenvalue weighted by molar-refractivity contribution is 0.379. The molecule has 1 aliphatic heterocycles. The van der Waals surface area contributed by atoms with Gasteiger partial charge in [-0.15, -0.1) is 0 Å². The van der Waals surface area contributed by atoms with E-state index in [9.17, 15) is 8.42 Å². The molecule has 1 aromatic rings. The molecule has 1 heterocycles. The highest BCUT2D eigenvalue weighted by molar-refractivity contribution is 7.89. The molecule has 0 bridgehead atoms. The first-order valence-electron chi connectivity index (χ1n) is 6.70. The Morgan fingerprint density at radius 2 is 2.11 bits per heavy atom. The first kappa shape index (κ1) is 14.5. The van der Waals surface area contributed by atoms with Crippen molar-refractivity contribution in [2.24, 2.45) is 0 Å². The van der Waals surface area contributed by atoms with E-state index in [0.717, 1.165) is 24.0 Å². The molecule has 106 valence electrons. The Morgan fingerprint density at radius 1 is 1.37 bits per heavy atom. The lowest BCUT2D eigenvalue weighted by Gasteiger charge is -2.24. The first-order chi connectivity index (χ1) is 8.96. The monoisotopic (exact) mass is 282 g/mol. The van der Waals surface area contributed by atoms with Crippen molar-refractivity contribution in [2.75, 3.05) is 20.1 Å². The van der Waals surface area contributed by atoms with Gasteiger partial charge in [0.25, 0.3) is 0 Å². The van der Waals surface area contributed by atoms with Gasteiger partial charge in [-0.25, -0.2) is 8.42 Å². The van der Waals surface area contributed by atoms with Crippen molar-refractivity contribution in [3.8, 4) is 0 Å². The summed E-state index contributed by atoms with van der Waals surface area (Å²) in [6.45, 7) is 5.18. The Bertz CT molecular complexity index is 555. The van der Waals surface area contributed by atoms with E-state index in [0.29, 0.717) is 18.0 Å². The molecule has 1 aromatic carbocycles. The molecule has 0 spiro atoms. The van der Waals surface area contributed by atoms with Crippen molar-refractivity contribution >= 4 is 10.0 Å². The van der Waals surface area contributed by atoms with Crippen LogP contribution in [0.1, 0.15) is 24.0 Å². The number of sulfonamides is 1. The quantitative estimate of drug-likeness (QED) is 0.914. The van der Waals surface area contributed by atoms with Crippen LogP contribution in [0.15, 0.2) is 23.1 Å². The number of hydrogen-bond donors (Lipinski definition) is 1. The molecule has 1 N–H and O–H groups in total. The van der Waals surface area contributed by atoms with Gasteiger partial charge in [0.1, 0.15) is 0 Å². The van der Waals surface area contributed by atoms with Gasteiger partial charge in [-0.2, -0.15) is 4.31 Å². The third-order valence-corrected chi connectivity index (χ3v) is 5.79. The van der Waals surface area contributed by atoms with E-state index in [4.69, 9.17) is 0 Å². The molecule has 0 radical (unpaired) electrons. The molecule has 1 saturated heterocycles. The van der Waals surface area contributed by atoms with Crippen molar-refractivity contribution in [2.45, 2.75) is 37.6 Å². The summed E-state index contributed by atoms with van der Waals surface area (Å²) in [4.78, 5) is 0.445. The van der Waals surface area contributed by atoms with Gasteiger partial charge in [0.05, 0.1) is 4.90 Å². The molecule has 1 aliphatic rings. The lowest BCUT2D eigenvalue weighted by atomic mass is 10.2. The van der Waals surface area contributed by atoms with Crippen LogP contribution in [0.2, 0.25) is 0 Å². The van der Waals surface area contributed by atoms with Gasteiger partial charge in [0.15, 0.2) is 0 Å². The largest absolute Gasteiger partial charge is 0.318 e. The van der Waals surface area contributed by atoms with E-state index in [-0.39, 0.29) is 6.04 Å². The van der Waals surface area contributed by atoms with Gasteiger partial charge < -0.3 is 5.32 Å². The van der Waals surface area contributed by atoms with Crippen molar-refractivity contribution in [1.82, 2.24) is 9.62 Å². The summed E-state index contributed by atoms with van der Waals surface area (Å²) in [6.07, 6.45) is 1.88. The Balaban J connectivity index is 2.36. The zero-order valence-electron chi connectivity index (χ0n) is 11.8. The van der Waals surface area contributed by atoms with E-state index in [1.165, 1.54) is 0 Å². The zero-order chi connectivity index (χ0) is 14.0. The molecule has 2 rings (SSSR count). The fourth-order valence-corrected chi connectivity index (χ4v) is 4.68. The molecular weight excluding hydrogens is 260 g/mol. The maximum Gasteiger partial charge on any atom is 0.243 e. The van der Waals surface area contributed by atoms with Crippen LogP contribution in [0, 0.1) is 13.8 Å². The highest BCUT2D eigenvalue weighted by Crippen LogP contribution is 2.27.